The molecule has 2 fully saturated rings. The van der Waals surface area contributed by atoms with Crippen LogP contribution in [0.3, 0.4) is 0 Å². The van der Waals surface area contributed by atoms with Gasteiger partial charge in [-0.15, -0.1) is 0 Å². The van der Waals surface area contributed by atoms with E-state index in [9.17, 15) is 13.2 Å². The average molecular weight is 372 g/mol. The van der Waals surface area contributed by atoms with Crippen LogP contribution >= 0.6 is 11.8 Å². The van der Waals surface area contributed by atoms with Crippen molar-refractivity contribution >= 4 is 39.3 Å². The molecule has 0 spiro atoms. The Balaban J connectivity index is 1.62. The van der Waals surface area contributed by atoms with E-state index in [1.54, 1.807) is 0 Å². The summed E-state index contributed by atoms with van der Waals surface area (Å²) < 4.78 is 31.9. The molecule has 2 heterocycles. The van der Waals surface area contributed by atoms with Gasteiger partial charge >= 0.3 is 6.09 Å². The van der Waals surface area contributed by atoms with Gasteiger partial charge in [-0.1, -0.05) is 0 Å². The molecule has 2 aliphatic rings. The topological polar surface area (TPSA) is 76.2 Å². The molecule has 0 aliphatic carbocycles. The molecule has 1 aromatic carbocycles. The highest BCUT2D eigenvalue weighted by Crippen LogP contribution is 2.26. The summed E-state index contributed by atoms with van der Waals surface area (Å²) in [6.45, 7) is 2.17. The first-order valence-corrected chi connectivity index (χ1v) is 10.6. The summed E-state index contributed by atoms with van der Waals surface area (Å²) in [5.41, 5.74) is 1.88. The van der Waals surface area contributed by atoms with Crippen molar-refractivity contribution in [1.82, 2.24) is 0 Å². The largest absolute Gasteiger partial charge is 0.441 e. The molecule has 0 radical (unpaired) electrons. The molecule has 0 aromatic heterocycles. The van der Waals surface area contributed by atoms with Crippen LogP contribution in [0.4, 0.5) is 16.2 Å². The summed E-state index contributed by atoms with van der Waals surface area (Å²) in [6.07, 6.45) is -0.107. The molecule has 0 saturated carbocycles. The van der Waals surface area contributed by atoms with Crippen LogP contribution < -0.4 is 9.80 Å². The second kappa shape index (κ2) is 7.20. The number of hydrogen-bond acceptors (Lipinski definition) is 7. The summed E-state index contributed by atoms with van der Waals surface area (Å²) in [6, 6.07) is 7.77. The summed E-state index contributed by atoms with van der Waals surface area (Å²) in [4.78, 5) is 15.8. The molecule has 1 aromatic rings. The lowest BCUT2D eigenvalue weighted by molar-refractivity contribution is 0.107. The number of thioether (sulfide) groups is 1. The monoisotopic (exact) mass is 372 g/mol. The first kappa shape index (κ1) is 17.4. The van der Waals surface area contributed by atoms with E-state index < -0.39 is 22.3 Å². The molecule has 1 unspecified atom stereocenters. The van der Waals surface area contributed by atoms with E-state index in [1.807, 2.05) is 36.0 Å². The Labute approximate surface area is 146 Å². The third kappa shape index (κ3) is 4.34. The Kier molecular flexibility index (Phi) is 5.21. The quantitative estimate of drug-likeness (QED) is 0.726. The number of hydrogen-bond donors (Lipinski definition) is 0. The van der Waals surface area contributed by atoms with Gasteiger partial charge in [-0.25, -0.2) is 4.79 Å². The fraction of sp³-hybridized carbons (Fsp3) is 0.533. The van der Waals surface area contributed by atoms with Crippen LogP contribution in [-0.4, -0.2) is 64.6 Å². The summed E-state index contributed by atoms with van der Waals surface area (Å²) >= 11 is 1.96. The first-order valence-electron chi connectivity index (χ1n) is 7.68. The zero-order chi connectivity index (χ0) is 17.2. The third-order valence-electron chi connectivity index (χ3n) is 3.88. The SMILES string of the molecule is CS(=O)(=O)OCC1CN(c2ccc(N3CCSCC3)cc2)C(=O)O1. The molecule has 3 rings (SSSR count). The second-order valence-corrected chi connectivity index (χ2v) is 8.59. The maximum absolute atomic E-state index is 12.0. The van der Waals surface area contributed by atoms with E-state index in [4.69, 9.17) is 8.92 Å². The van der Waals surface area contributed by atoms with Gasteiger partial charge in [0.1, 0.15) is 12.7 Å². The smallest absolute Gasteiger partial charge is 0.414 e. The molecule has 1 atom stereocenters. The highest BCUT2D eigenvalue weighted by atomic mass is 32.2. The van der Waals surface area contributed by atoms with Crippen molar-refractivity contribution in [2.45, 2.75) is 6.10 Å². The van der Waals surface area contributed by atoms with Crippen LogP contribution in [0.1, 0.15) is 0 Å². The molecule has 24 heavy (non-hydrogen) atoms. The maximum atomic E-state index is 12.0. The van der Waals surface area contributed by atoms with Crippen molar-refractivity contribution < 1.29 is 22.1 Å². The van der Waals surface area contributed by atoms with Crippen molar-refractivity contribution in [3.63, 3.8) is 0 Å². The Bertz CT molecular complexity index is 686. The molecule has 2 aliphatic heterocycles. The summed E-state index contributed by atoms with van der Waals surface area (Å²) in [5, 5.41) is 0. The van der Waals surface area contributed by atoms with E-state index >= 15 is 0 Å². The van der Waals surface area contributed by atoms with Crippen LogP contribution in [0.2, 0.25) is 0 Å². The average Bonchev–Trinajstić information content (AvgIpc) is 2.94. The molecule has 2 saturated heterocycles. The van der Waals surface area contributed by atoms with Crippen LogP contribution in [0.5, 0.6) is 0 Å². The second-order valence-electron chi connectivity index (χ2n) is 5.72. The van der Waals surface area contributed by atoms with Gasteiger partial charge in [-0.2, -0.15) is 20.2 Å². The minimum absolute atomic E-state index is 0.162. The first-order chi connectivity index (χ1) is 11.4. The molecular formula is C15H20N2O5S2. The Morgan fingerprint density at radius 1 is 1.21 bits per heavy atom. The number of benzene rings is 1. The van der Waals surface area contributed by atoms with E-state index in [2.05, 4.69) is 4.90 Å². The number of cyclic esters (lactones) is 1. The van der Waals surface area contributed by atoms with E-state index in [1.165, 1.54) is 4.90 Å². The number of amides is 1. The lowest BCUT2D eigenvalue weighted by Gasteiger charge is -2.28. The summed E-state index contributed by atoms with van der Waals surface area (Å²) in [7, 11) is -3.55. The number of nitrogens with zero attached hydrogens (tertiary/aromatic N) is 2. The van der Waals surface area contributed by atoms with Crippen molar-refractivity contribution in [3.05, 3.63) is 24.3 Å². The third-order valence-corrected chi connectivity index (χ3v) is 5.39. The Hall–Kier alpha value is -1.45. The van der Waals surface area contributed by atoms with Crippen LogP contribution in [0.25, 0.3) is 0 Å². The van der Waals surface area contributed by atoms with E-state index in [-0.39, 0.29) is 13.2 Å². The van der Waals surface area contributed by atoms with Gasteiger partial charge in [-0.05, 0) is 24.3 Å². The van der Waals surface area contributed by atoms with Gasteiger partial charge in [0.2, 0.25) is 0 Å². The van der Waals surface area contributed by atoms with Crippen molar-refractivity contribution in [1.29, 1.82) is 0 Å². The van der Waals surface area contributed by atoms with Gasteiger partial charge in [0.15, 0.2) is 0 Å². The highest BCUT2D eigenvalue weighted by Gasteiger charge is 2.33. The van der Waals surface area contributed by atoms with Gasteiger partial charge in [0, 0.05) is 36.0 Å². The van der Waals surface area contributed by atoms with Gasteiger partial charge in [-0.3, -0.25) is 9.08 Å². The molecule has 7 nitrogen and oxygen atoms in total. The molecular weight excluding hydrogens is 352 g/mol. The molecule has 132 valence electrons. The minimum Gasteiger partial charge on any atom is -0.441 e. The van der Waals surface area contributed by atoms with Crippen LogP contribution in [0, 0.1) is 0 Å². The number of rotatable bonds is 5. The number of carbonyl (C=O) groups is 1. The maximum Gasteiger partial charge on any atom is 0.414 e. The lowest BCUT2D eigenvalue weighted by atomic mass is 10.2. The van der Waals surface area contributed by atoms with Crippen LogP contribution in [0.15, 0.2) is 24.3 Å². The summed E-state index contributed by atoms with van der Waals surface area (Å²) in [5.74, 6) is 2.25. The highest BCUT2D eigenvalue weighted by molar-refractivity contribution is 7.99. The zero-order valence-corrected chi connectivity index (χ0v) is 15.0. The number of anilines is 2. The Morgan fingerprint density at radius 2 is 1.83 bits per heavy atom. The van der Waals surface area contributed by atoms with Gasteiger partial charge in [0.25, 0.3) is 10.1 Å². The predicted molar refractivity (Wildman–Crippen MR) is 94.4 cm³/mol. The number of ether oxygens (including phenoxy) is 1. The Morgan fingerprint density at radius 3 is 2.46 bits per heavy atom. The van der Waals surface area contributed by atoms with E-state index in [0.29, 0.717) is 0 Å². The van der Waals surface area contributed by atoms with Crippen molar-refractivity contribution in [3.8, 4) is 0 Å². The standard InChI is InChI=1S/C15H20N2O5S2/c1-24(19,20)21-11-14-10-17(15(18)22-14)13-4-2-12(3-5-13)16-6-8-23-9-7-16/h2-5,14H,6-11H2,1H3. The predicted octanol–water partition coefficient (Wildman–Crippen LogP) is 1.54. The molecule has 0 N–H and O–H groups in total. The molecule has 0 bridgehead atoms. The fourth-order valence-electron chi connectivity index (χ4n) is 2.68. The zero-order valence-electron chi connectivity index (χ0n) is 13.4. The van der Waals surface area contributed by atoms with Gasteiger partial charge in [0.05, 0.1) is 12.8 Å². The van der Waals surface area contributed by atoms with Crippen molar-refractivity contribution in [2.24, 2.45) is 0 Å². The normalized spacial score (nSPS) is 21.9. The lowest BCUT2D eigenvalue weighted by Crippen LogP contribution is -2.32. The minimum atomic E-state index is -3.55. The van der Waals surface area contributed by atoms with Gasteiger partial charge < -0.3 is 9.64 Å². The fourth-order valence-corrected chi connectivity index (χ4v) is 3.99. The number of carbonyl (C=O) groups excluding carboxylic acids is 1. The van der Waals surface area contributed by atoms with Crippen molar-refractivity contribution in [2.75, 3.05) is 53.8 Å². The van der Waals surface area contributed by atoms with Crippen LogP contribution in [-0.2, 0) is 19.0 Å². The molecule has 1 amide bonds. The molecule has 9 heteroatoms. The van der Waals surface area contributed by atoms with E-state index in [0.717, 1.165) is 42.2 Å².